The Hall–Kier alpha value is -7.82. The molecule has 0 saturated carbocycles. The van der Waals surface area contributed by atoms with Crippen LogP contribution in [0.15, 0.2) is 71.0 Å². The van der Waals surface area contributed by atoms with Crippen LogP contribution < -0.4 is 10.6 Å². The monoisotopic (exact) mass is 756 g/mol. The Morgan fingerprint density at radius 1 is 0.571 bits per heavy atom. The van der Waals surface area contributed by atoms with Gasteiger partial charge in [0.1, 0.15) is 22.8 Å². The second-order valence-corrected chi connectivity index (χ2v) is 11.1. The molecule has 2 aromatic heterocycles. The first-order chi connectivity index (χ1) is 27.3. The van der Waals surface area contributed by atoms with E-state index >= 15 is 0 Å². The van der Waals surface area contributed by atoms with Crippen LogP contribution in [0.1, 0.15) is 46.7 Å². The predicted octanol–water partition coefficient (Wildman–Crippen LogP) is 2.07. The van der Waals surface area contributed by atoms with Crippen LogP contribution in [-0.4, -0.2) is 98.2 Å². The highest BCUT2D eigenvalue weighted by Crippen LogP contribution is 2.21. The van der Waals surface area contributed by atoms with Crippen molar-refractivity contribution in [1.29, 1.82) is 0 Å². The summed E-state index contributed by atoms with van der Waals surface area (Å²) in [6, 6.07) is 17.4. The van der Waals surface area contributed by atoms with E-state index < -0.39 is 36.3 Å². The lowest BCUT2D eigenvalue weighted by atomic mass is 10.00. The third-order valence-electron chi connectivity index (χ3n) is 7.31. The standard InChI is InChI=1S/C40H32N6O10/c1-41-39(49)53-23-7-15-31-11-3-9-29(43-31)13-5-21-51-37(47)35-25-33(45-55-35)27-17-19-28(20-18-27)34-26-36(56-46-34)38(48)52-22-6-14-30-10-4-12-32(44-30)16-8-24-54-40(50)42-2/h3-4,9-12,17-20,35-36H,21-26H2,1-2H3,(H,41,49)(H,42,50). The molecule has 56 heavy (non-hydrogen) atoms. The molecule has 0 bridgehead atoms. The third kappa shape index (κ3) is 12.1. The normalized spacial score (nSPS) is 14.6. The van der Waals surface area contributed by atoms with Crippen LogP contribution in [0.5, 0.6) is 0 Å². The van der Waals surface area contributed by atoms with Crippen LogP contribution >= 0.6 is 0 Å². The van der Waals surface area contributed by atoms with Crippen molar-refractivity contribution >= 4 is 35.5 Å². The molecule has 0 aliphatic carbocycles. The molecule has 0 radical (unpaired) electrons. The van der Waals surface area contributed by atoms with Gasteiger partial charge in [0.2, 0.25) is 12.2 Å². The van der Waals surface area contributed by atoms with E-state index in [2.05, 4.69) is 78.3 Å². The number of ether oxygens (including phenoxy) is 4. The maximum atomic E-state index is 12.6. The summed E-state index contributed by atoms with van der Waals surface area (Å²) >= 11 is 0. The summed E-state index contributed by atoms with van der Waals surface area (Å²) < 4.78 is 20.1. The molecule has 4 heterocycles. The number of nitrogens with one attached hydrogen (secondary N) is 2. The largest absolute Gasteiger partial charge is 0.450 e. The number of esters is 2. The lowest BCUT2D eigenvalue weighted by Crippen LogP contribution is -2.24. The molecule has 3 aromatic rings. The summed E-state index contributed by atoms with van der Waals surface area (Å²) in [5.74, 6) is 20.8. The first-order valence-corrected chi connectivity index (χ1v) is 16.8. The average Bonchev–Trinajstić information content (AvgIpc) is 3.93. The minimum absolute atomic E-state index is 0.0883. The number of aromatic nitrogens is 2. The number of hydrogen-bond donors (Lipinski definition) is 2. The summed E-state index contributed by atoms with van der Waals surface area (Å²) in [5.41, 5.74) is 4.30. The van der Waals surface area contributed by atoms with Gasteiger partial charge in [0.25, 0.3) is 0 Å². The van der Waals surface area contributed by atoms with Gasteiger partial charge in [-0.25, -0.2) is 29.1 Å². The number of amides is 2. The Morgan fingerprint density at radius 2 is 0.911 bits per heavy atom. The SMILES string of the molecule is CNC(=O)OCC#Cc1cccc(C#CCOC(=O)C2CC(c3ccc(C4=NOC(C(=O)OCC#Cc5cccc(C#CCOC(=O)NC)n5)C4)cc3)=NO2)n1. The van der Waals surface area contributed by atoms with Crippen molar-refractivity contribution in [3.63, 3.8) is 0 Å². The van der Waals surface area contributed by atoms with Crippen molar-refractivity contribution in [2.75, 3.05) is 40.5 Å². The van der Waals surface area contributed by atoms with E-state index in [1.165, 1.54) is 14.1 Å². The van der Waals surface area contributed by atoms with Crippen LogP contribution in [0.25, 0.3) is 0 Å². The number of benzene rings is 1. The van der Waals surface area contributed by atoms with Gasteiger partial charge < -0.3 is 39.3 Å². The van der Waals surface area contributed by atoms with Crippen molar-refractivity contribution in [2.24, 2.45) is 10.3 Å². The summed E-state index contributed by atoms with van der Waals surface area (Å²) in [6.45, 7) is -0.547. The van der Waals surface area contributed by atoms with E-state index in [1.54, 1.807) is 60.7 Å². The number of pyridine rings is 2. The summed E-state index contributed by atoms with van der Waals surface area (Å²) in [4.78, 5) is 66.6. The quantitative estimate of drug-likeness (QED) is 0.193. The van der Waals surface area contributed by atoms with Gasteiger partial charge in [-0.15, -0.1) is 0 Å². The minimum atomic E-state index is -0.923. The van der Waals surface area contributed by atoms with Gasteiger partial charge in [-0.3, -0.25) is 0 Å². The molecule has 16 heteroatoms. The van der Waals surface area contributed by atoms with Crippen molar-refractivity contribution < 1.29 is 47.8 Å². The highest BCUT2D eigenvalue weighted by molar-refractivity contribution is 6.06. The summed E-state index contributed by atoms with van der Waals surface area (Å²) in [5, 5.41) is 12.8. The van der Waals surface area contributed by atoms with Gasteiger partial charge >= 0.3 is 24.1 Å². The molecular formula is C40H32N6O10. The fourth-order valence-corrected chi connectivity index (χ4v) is 4.61. The van der Waals surface area contributed by atoms with Crippen LogP contribution in [0.2, 0.25) is 0 Å². The van der Waals surface area contributed by atoms with Gasteiger partial charge in [0.15, 0.2) is 26.4 Å². The number of hydrogen-bond acceptors (Lipinski definition) is 14. The molecule has 2 amide bonds. The topological polar surface area (TPSA) is 198 Å². The van der Waals surface area contributed by atoms with Gasteiger partial charge in [0.05, 0.1) is 11.4 Å². The highest BCUT2D eigenvalue weighted by Gasteiger charge is 2.32. The van der Waals surface area contributed by atoms with Crippen molar-refractivity contribution in [1.82, 2.24) is 20.6 Å². The Bertz CT molecular complexity index is 2120. The molecule has 2 unspecified atom stereocenters. The molecule has 1 aromatic carbocycles. The van der Waals surface area contributed by atoms with Gasteiger partial charge in [-0.2, -0.15) is 0 Å². The Labute approximate surface area is 321 Å². The number of nitrogens with zero attached hydrogens (tertiary/aromatic N) is 4. The first kappa shape index (κ1) is 39.4. The maximum Gasteiger partial charge on any atom is 0.407 e. The molecule has 16 nitrogen and oxygen atoms in total. The molecule has 282 valence electrons. The van der Waals surface area contributed by atoms with E-state index in [0.29, 0.717) is 34.2 Å². The fourth-order valence-electron chi connectivity index (χ4n) is 4.61. The van der Waals surface area contributed by atoms with Gasteiger partial charge in [-0.05, 0) is 59.1 Å². The molecule has 0 spiro atoms. The van der Waals surface area contributed by atoms with Crippen LogP contribution in [-0.2, 0) is 38.2 Å². The minimum Gasteiger partial charge on any atom is -0.450 e. The number of carbonyl (C=O) groups excluding carboxylic acids is 4. The van der Waals surface area contributed by atoms with Crippen molar-refractivity contribution in [3.05, 3.63) is 94.6 Å². The average molecular weight is 757 g/mol. The first-order valence-electron chi connectivity index (χ1n) is 16.8. The zero-order valence-electron chi connectivity index (χ0n) is 30.0. The van der Waals surface area contributed by atoms with E-state index in [-0.39, 0.29) is 39.3 Å². The van der Waals surface area contributed by atoms with Crippen molar-refractivity contribution in [3.8, 4) is 47.4 Å². The van der Waals surface area contributed by atoms with Crippen LogP contribution in [0, 0.1) is 47.4 Å². The fraction of sp³-hybridized carbons (Fsp3) is 0.250. The van der Waals surface area contributed by atoms with Gasteiger partial charge in [0, 0.05) is 26.9 Å². The number of oxime groups is 2. The Morgan fingerprint density at radius 3 is 1.25 bits per heavy atom. The smallest absolute Gasteiger partial charge is 0.407 e. The molecule has 2 N–H and O–H groups in total. The molecular weight excluding hydrogens is 724 g/mol. The number of carbonyl (C=O) groups is 4. The van der Waals surface area contributed by atoms with E-state index in [9.17, 15) is 19.2 Å². The van der Waals surface area contributed by atoms with Crippen molar-refractivity contribution in [2.45, 2.75) is 25.0 Å². The van der Waals surface area contributed by atoms with Crippen LogP contribution in [0.4, 0.5) is 9.59 Å². The molecule has 0 fully saturated rings. The lowest BCUT2D eigenvalue weighted by Gasteiger charge is -2.07. The maximum absolute atomic E-state index is 12.6. The molecule has 5 rings (SSSR count). The third-order valence-corrected chi connectivity index (χ3v) is 7.31. The Kier molecular flexibility index (Phi) is 14.4. The highest BCUT2D eigenvalue weighted by atomic mass is 16.7. The zero-order valence-corrected chi connectivity index (χ0v) is 30.0. The number of rotatable bonds is 8. The summed E-state index contributed by atoms with van der Waals surface area (Å²) in [7, 11) is 2.90. The zero-order chi connectivity index (χ0) is 39.5. The predicted molar refractivity (Wildman–Crippen MR) is 197 cm³/mol. The summed E-state index contributed by atoms with van der Waals surface area (Å²) in [6.07, 6.45) is -2.61. The van der Waals surface area contributed by atoms with E-state index in [0.717, 1.165) is 11.1 Å². The number of alkyl carbamates (subject to hydrolysis) is 2. The molecule has 2 aliphatic heterocycles. The second kappa shape index (κ2) is 20.4. The second-order valence-electron chi connectivity index (χ2n) is 11.1. The van der Waals surface area contributed by atoms with Crippen LogP contribution in [0.3, 0.4) is 0 Å². The Balaban J connectivity index is 1.02. The molecule has 2 aliphatic rings. The molecule has 0 saturated heterocycles. The lowest BCUT2D eigenvalue weighted by molar-refractivity contribution is -0.154. The van der Waals surface area contributed by atoms with E-state index in [4.69, 9.17) is 28.6 Å². The van der Waals surface area contributed by atoms with Gasteiger partial charge in [-0.1, -0.05) is 70.4 Å². The van der Waals surface area contributed by atoms with E-state index in [1.807, 2.05) is 0 Å². The molecule has 2 atom stereocenters.